The van der Waals surface area contributed by atoms with E-state index in [2.05, 4.69) is 62.9 Å². The van der Waals surface area contributed by atoms with Gasteiger partial charge in [0.2, 0.25) is 16.3 Å². The summed E-state index contributed by atoms with van der Waals surface area (Å²) in [6, 6.07) is 12.5. The molecule has 13 N–H and O–H groups in total. The number of carboxylic acids is 2. The summed E-state index contributed by atoms with van der Waals surface area (Å²) in [6.45, 7) is 11.4. The van der Waals surface area contributed by atoms with Gasteiger partial charge < -0.3 is 77.7 Å². The molecule has 41 heteroatoms. The van der Waals surface area contributed by atoms with E-state index in [9.17, 15) is 48.9 Å². The molecule has 0 amide bonds. The number of rotatable bonds is 19. The number of aliphatic hydroxyl groups excluding tert-OH is 3. The second-order valence-corrected chi connectivity index (χ2v) is 28.3. The number of alkyl halides is 2. The number of aromatic nitrogens is 10. The minimum absolute atomic E-state index is 0. The monoisotopic (exact) mass is 1720 g/mol. The molecule has 4 aliphatic heterocycles. The van der Waals surface area contributed by atoms with E-state index in [-0.39, 0.29) is 140 Å². The second-order valence-electron chi connectivity index (χ2n) is 24.0. The van der Waals surface area contributed by atoms with Gasteiger partial charge in [-0.2, -0.15) is 0 Å². The van der Waals surface area contributed by atoms with Crippen LogP contribution in [0.1, 0.15) is 55.3 Å². The summed E-state index contributed by atoms with van der Waals surface area (Å²) in [5.74, 6) is -0.795. The Morgan fingerprint density at radius 2 is 0.965 bits per heavy atom. The number of allylic oxidation sites excluding steroid dienone is 2. The number of nitrogens with one attached hydrogen (secondary N) is 3. The Hall–Kier alpha value is -8.25. The zero-order chi connectivity index (χ0) is 80.3. The van der Waals surface area contributed by atoms with Crippen LogP contribution in [0, 0.1) is 23.7 Å². The van der Waals surface area contributed by atoms with Crippen LogP contribution in [0.15, 0.2) is 152 Å². The van der Waals surface area contributed by atoms with Gasteiger partial charge in [-0.25, -0.2) is 54.1 Å². The topological polar surface area (TPSA) is 469 Å². The van der Waals surface area contributed by atoms with E-state index in [1.807, 2.05) is 29.5 Å². The predicted molar refractivity (Wildman–Crippen MR) is 435 cm³/mol. The molecule has 0 bridgehead atoms. The summed E-state index contributed by atoms with van der Waals surface area (Å²) < 4.78 is 14.7. The molecule has 0 spiro atoms. The van der Waals surface area contributed by atoms with Crippen molar-refractivity contribution < 1.29 is 89.2 Å². The Labute approximate surface area is 706 Å². The first kappa shape index (κ1) is 93.6. The van der Waals surface area contributed by atoms with Crippen LogP contribution in [0.25, 0.3) is 48.5 Å². The van der Waals surface area contributed by atoms with Crippen LogP contribution < -0.4 is 83.1 Å². The maximum Gasteiger partial charge on any atom is 1.00 e. The van der Waals surface area contributed by atoms with Crippen LogP contribution in [0.2, 0.25) is 15.5 Å². The number of nitrogens with two attached hydrogens (primary N) is 2. The molecule has 598 valence electrons. The van der Waals surface area contributed by atoms with E-state index in [4.69, 9.17) is 94.1 Å². The van der Waals surface area contributed by atoms with Crippen molar-refractivity contribution >= 4 is 161 Å². The van der Waals surface area contributed by atoms with Crippen LogP contribution in [0.3, 0.4) is 0 Å². The third-order valence-corrected chi connectivity index (χ3v) is 20.5. The fourth-order valence-electron chi connectivity index (χ4n) is 11.5. The number of thiazole rings is 3. The second kappa shape index (κ2) is 46.9. The first-order valence-corrected chi connectivity index (χ1v) is 39.1. The number of ether oxygens (including phenoxy) is 2. The average Bonchev–Trinajstić information content (AvgIpc) is 1.52. The van der Waals surface area contributed by atoms with Crippen LogP contribution in [-0.2, 0) is 9.47 Å². The molecule has 10 aromatic rings. The van der Waals surface area contributed by atoms with Crippen molar-refractivity contribution in [1.29, 1.82) is 0 Å². The van der Waals surface area contributed by atoms with Crippen LogP contribution >= 0.6 is 92.0 Å². The number of pyridine rings is 7. The number of hydrogen-bond acceptors (Lipinski definition) is 30. The van der Waals surface area contributed by atoms with Gasteiger partial charge in [-0.15, -0.1) is 57.2 Å². The Bertz CT molecular complexity index is 5060. The summed E-state index contributed by atoms with van der Waals surface area (Å²) >= 11 is 31.3. The predicted octanol–water partition coefficient (Wildman–Crippen LogP) is 4.37. The van der Waals surface area contributed by atoms with Gasteiger partial charge in [-0.3, -0.25) is 28.1 Å². The maximum atomic E-state index is 13.0. The number of carboxylic acid groups (broad SMARTS) is 2. The van der Waals surface area contributed by atoms with Gasteiger partial charge in [0, 0.05) is 155 Å². The standard InChI is InChI=1S/C20H23N5O4S.C18H19N5O4S.C14H10ClN3O3S.C6H3Cl2NO2.C6H12N2O.C4H6Cl2.C4H7N.Na.H2O/c1-2-29-19(28)15-10-25(20-22-5-6-30-20)18-14(17(15)27)3-4-16(23-18)24-8-12(7-21)13(9-24)11-26;19-5-10-6-22(7-11(10)9-24)14-2-1-12-15(25)13(17(26)27)8-23(16(12)21-14)18-20-3-4-28-18;1-2-21-13(20)9-7-18(14-16-5-6-22-14)12-8(11(9)19)3-4-10(15)17-12;7-4-2-1-3(6(10)11)5(8)9-4;1-7-6-3-8-2-5(6)4-9;5-3-1-2-4-6;1-2-4-5-3-1;;/h3-6,10,12-13,26H,2,7-9,11,21H2,1H3;1-4,8,10-11,24H,5-7,9,19H2,(H,26,27);3-7H,2H2,1H3;1-2H,(H,10,11);7-9H,2-4H2,1H3;1-2H,3-4H2;1-2,5H,3-4H2;;1H2/q;;;;;;;+1;/p-1/b;;;;;2-1-;;;/t12-,13+;10-,11+;;;;;;;/m00......./s1. The number of carbonyl (C=O) groups excluding carboxylic acids is 2. The molecule has 0 unspecified atom stereocenters. The SMILES string of the molecule is C1=CCNC1.CCOC(=O)c1cn(-c2nccs2)c2nc(Cl)ccc2c1=O.CCOC(=O)c1cn(-c2nccs2)c2nc(N3C[C@H](CN)[C@@H](CO)C3)ccc2c1=O.CNC1=C(CO)CNC1.ClC/C=C\CCl.NC[C@H]1CN(c2ccc3c(=O)c(C(=O)O)cn(-c4nccs4)c3n2)C[C@@H]1CO.O=C(O)c1ccc(Cl)nc1Cl.[Na+].[OH-]. The Morgan fingerprint density at radius 1 is 0.566 bits per heavy atom. The quantitative estimate of drug-likeness (QED) is 0.0177. The largest absolute Gasteiger partial charge is 1.00 e. The number of carbonyl (C=O) groups is 4. The van der Waals surface area contributed by atoms with Gasteiger partial charge in [-0.1, -0.05) is 59.1 Å². The number of hydrogen-bond donors (Lipinski definition) is 10. The molecule has 32 nitrogen and oxygen atoms in total. The molecule has 10 aromatic heterocycles. The molecule has 14 rings (SSSR count). The molecule has 2 saturated heterocycles. The first-order chi connectivity index (χ1) is 53.6. The van der Waals surface area contributed by atoms with Gasteiger partial charge in [0.25, 0.3) is 0 Å². The fourth-order valence-corrected chi connectivity index (χ4v) is 14.2. The van der Waals surface area contributed by atoms with Crippen molar-refractivity contribution in [3.63, 3.8) is 0 Å². The first-order valence-electron chi connectivity index (χ1n) is 34.2. The molecule has 4 aliphatic rings. The summed E-state index contributed by atoms with van der Waals surface area (Å²) in [5.41, 5.74) is 13.1. The molecular formula is C72H81Cl5N17NaO15S3. The van der Waals surface area contributed by atoms with Crippen LogP contribution in [0.4, 0.5) is 11.6 Å². The van der Waals surface area contributed by atoms with Crippen molar-refractivity contribution in [2.75, 3.05) is 127 Å². The molecule has 2 fully saturated rings. The Balaban J connectivity index is 0.000000221. The van der Waals surface area contributed by atoms with Crippen molar-refractivity contribution in [2.24, 2.45) is 35.1 Å². The van der Waals surface area contributed by atoms with Crippen LogP contribution in [0.5, 0.6) is 0 Å². The molecule has 0 radical (unpaired) electrons. The van der Waals surface area contributed by atoms with Gasteiger partial charge in [0.05, 0.1) is 41.5 Å². The summed E-state index contributed by atoms with van der Waals surface area (Å²) in [4.78, 5) is 118. The van der Waals surface area contributed by atoms with E-state index in [0.717, 1.165) is 37.4 Å². The van der Waals surface area contributed by atoms with E-state index in [0.29, 0.717) is 100 Å². The molecule has 113 heavy (non-hydrogen) atoms. The van der Waals surface area contributed by atoms with Gasteiger partial charge in [0.15, 0.2) is 32.3 Å². The number of aromatic carboxylic acids is 2. The van der Waals surface area contributed by atoms with E-state index in [1.54, 1.807) is 82.7 Å². The van der Waals surface area contributed by atoms with Gasteiger partial charge in [-0.05, 0) is 92.9 Å². The van der Waals surface area contributed by atoms with Crippen molar-refractivity contribution in [1.82, 2.24) is 64.5 Å². The molecule has 0 saturated carbocycles. The van der Waals surface area contributed by atoms with Gasteiger partial charge >= 0.3 is 53.4 Å². The maximum absolute atomic E-state index is 13.0. The van der Waals surface area contributed by atoms with Gasteiger partial charge in [0.1, 0.15) is 43.8 Å². The molecule has 4 atom stereocenters. The molecule has 0 aromatic carbocycles. The Morgan fingerprint density at radius 3 is 1.30 bits per heavy atom. The minimum Gasteiger partial charge on any atom is -0.870 e. The number of esters is 2. The zero-order valence-electron chi connectivity index (χ0n) is 61.4. The molecule has 0 aliphatic carbocycles. The van der Waals surface area contributed by atoms with Crippen molar-refractivity contribution in [3.8, 4) is 15.4 Å². The van der Waals surface area contributed by atoms with E-state index in [1.165, 1.54) is 75.4 Å². The number of fused-ring (bicyclic) bond motifs is 3. The number of anilines is 2. The third kappa shape index (κ3) is 24.6. The smallest absolute Gasteiger partial charge is 0.870 e. The summed E-state index contributed by atoms with van der Waals surface area (Å²) in [5, 5.41) is 63.3. The minimum atomic E-state index is -1.29. The average molecular weight is 1720 g/mol. The number of nitrogens with zero attached hydrogens (tertiary/aromatic N) is 12. The molecule has 14 heterocycles. The van der Waals surface area contributed by atoms with Crippen LogP contribution in [-0.4, -0.2) is 221 Å². The normalized spacial score (nSPS) is 15.8. The number of likely N-dealkylation sites (N-methyl/N-ethyl adjacent to an activating group) is 1. The van der Waals surface area contributed by atoms with Crippen molar-refractivity contribution in [2.45, 2.75) is 13.8 Å². The summed E-state index contributed by atoms with van der Waals surface area (Å²) in [6.07, 6.45) is 16.9. The Kier molecular flexibility index (Phi) is 38.9. The number of halogens is 5. The molecular weight excluding hydrogens is 1640 g/mol. The number of aliphatic hydroxyl groups is 3. The van der Waals surface area contributed by atoms with E-state index < -0.39 is 40.2 Å². The summed E-state index contributed by atoms with van der Waals surface area (Å²) in [7, 11) is 1.87. The zero-order valence-corrected chi connectivity index (χ0v) is 69.7. The third-order valence-electron chi connectivity index (χ3n) is 17.1. The van der Waals surface area contributed by atoms with Crippen molar-refractivity contribution in [3.05, 3.63) is 206 Å². The fraction of sp³-hybridized carbons (Fsp3) is 0.333. The van der Waals surface area contributed by atoms with E-state index >= 15 is 0 Å².